The van der Waals surface area contributed by atoms with Crippen molar-refractivity contribution >= 4 is 40.3 Å². The van der Waals surface area contributed by atoms with E-state index in [4.69, 9.17) is 23.2 Å². The van der Waals surface area contributed by atoms with E-state index in [0.29, 0.717) is 15.7 Å². The Bertz CT molecular complexity index is 585. The average molecular weight is 283 g/mol. The van der Waals surface area contributed by atoms with Gasteiger partial charge in [0.2, 0.25) is 0 Å². The molecule has 0 bridgehead atoms. The average Bonchev–Trinajstić information content (AvgIpc) is 2.31. The summed E-state index contributed by atoms with van der Waals surface area (Å²) in [4.78, 5) is 10.2. The molecular formula is C12H8Cl2N2O2. The third-order valence-corrected chi connectivity index (χ3v) is 2.70. The molecule has 18 heavy (non-hydrogen) atoms. The van der Waals surface area contributed by atoms with Crippen molar-refractivity contribution in [2.75, 3.05) is 5.32 Å². The van der Waals surface area contributed by atoms with Crippen LogP contribution in [0.3, 0.4) is 0 Å². The number of hydrogen-bond donors (Lipinski definition) is 1. The third kappa shape index (κ3) is 3.12. The Morgan fingerprint density at radius 3 is 2.22 bits per heavy atom. The Morgan fingerprint density at radius 2 is 1.61 bits per heavy atom. The number of benzene rings is 2. The molecule has 0 fully saturated rings. The van der Waals surface area contributed by atoms with Crippen LogP contribution in [0.2, 0.25) is 10.0 Å². The Labute approximate surface area is 113 Å². The van der Waals surface area contributed by atoms with Crippen molar-refractivity contribution in [2.45, 2.75) is 0 Å². The Balaban J connectivity index is 2.28. The molecule has 4 nitrogen and oxygen atoms in total. The number of non-ortho nitro benzene ring substituents is 1. The molecule has 6 heteroatoms. The summed E-state index contributed by atoms with van der Waals surface area (Å²) >= 11 is 11.6. The van der Waals surface area contributed by atoms with Crippen LogP contribution in [0.5, 0.6) is 0 Å². The first-order chi connectivity index (χ1) is 8.54. The smallest absolute Gasteiger partial charge is 0.272 e. The van der Waals surface area contributed by atoms with E-state index in [1.54, 1.807) is 30.3 Å². The number of rotatable bonds is 3. The summed E-state index contributed by atoms with van der Waals surface area (Å²) in [5.41, 5.74) is 1.27. The molecule has 0 heterocycles. The molecule has 0 saturated carbocycles. The van der Waals surface area contributed by atoms with Crippen molar-refractivity contribution in [3.63, 3.8) is 0 Å². The van der Waals surface area contributed by atoms with Gasteiger partial charge in [-0.25, -0.2) is 0 Å². The van der Waals surface area contributed by atoms with Crippen molar-refractivity contribution in [1.29, 1.82) is 0 Å². The molecule has 2 aromatic carbocycles. The van der Waals surface area contributed by atoms with E-state index < -0.39 is 4.92 Å². The van der Waals surface area contributed by atoms with Crippen LogP contribution < -0.4 is 5.32 Å². The standard InChI is InChI=1S/C12H8Cl2N2O2/c13-8-1-3-10(4-2-8)15-11-5-9(14)6-12(7-11)16(17)18/h1-7,15H. The molecule has 0 unspecified atom stereocenters. The van der Waals surface area contributed by atoms with Crippen molar-refractivity contribution in [1.82, 2.24) is 0 Å². The number of hydrogen-bond acceptors (Lipinski definition) is 3. The lowest BCUT2D eigenvalue weighted by atomic mass is 10.2. The Hall–Kier alpha value is -1.78. The van der Waals surface area contributed by atoms with Gasteiger partial charge in [0.05, 0.1) is 4.92 Å². The van der Waals surface area contributed by atoms with Gasteiger partial charge in [0, 0.05) is 33.6 Å². The summed E-state index contributed by atoms with van der Waals surface area (Å²) in [6, 6.07) is 11.3. The van der Waals surface area contributed by atoms with Gasteiger partial charge >= 0.3 is 0 Å². The molecule has 0 radical (unpaired) electrons. The monoisotopic (exact) mass is 282 g/mol. The lowest BCUT2D eigenvalue weighted by Gasteiger charge is -2.06. The summed E-state index contributed by atoms with van der Waals surface area (Å²) in [5.74, 6) is 0. The highest BCUT2D eigenvalue weighted by molar-refractivity contribution is 6.31. The molecule has 0 aliphatic carbocycles. The van der Waals surface area contributed by atoms with Crippen LogP contribution in [0, 0.1) is 10.1 Å². The van der Waals surface area contributed by atoms with E-state index in [9.17, 15) is 10.1 Å². The first-order valence-corrected chi connectivity index (χ1v) is 5.78. The predicted octanol–water partition coefficient (Wildman–Crippen LogP) is 4.65. The summed E-state index contributed by atoms with van der Waals surface area (Å²) in [5, 5.41) is 14.7. The minimum Gasteiger partial charge on any atom is -0.355 e. The second-order valence-corrected chi connectivity index (χ2v) is 4.46. The Morgan fingerprint density at radius 1 is 0.944 bits per heavy atom. The molecule has 0 aromatic heterocycles. The normalized spacial score (nSPS) is 10.1. The highest BCUT2D eigenvalue weighted by Crippen LogP contribution is 2.27. The molecule has 0 aliphatic rings. The number of anilines is 2. The van der Waals surface area contributed by atoms with E-state index in [0.717, 1.165) is 5.69 Å². The van der Waals surface area contributed by atoms with E-state index in [-0.39, 0.29) is 5.69 Å². The van der Waals surface area contributed by atoms with E-state index in [1.807, 2.05) is 0 Å². The number of halogens is 2. The minimum atomic E-state index is -0.487. The summed E-state index contributed by atoms with van der Waals surface area (Å²) in [6.45, 7) is 0. The summed E-state index contributed by atoms with van der Waals surface area (Å²) in [7, 11) is 0. The molecule has 0 spiro atoms. The van der Waals surface area contributed by atoms with Crippen molar-refractivity contribution in [2.24, 2.45) is 0 Å². The molecule has 2 rings (SSSR count). The van der Waals surface area contributed by atoms with Crippen LogP contribution in [0.25, 0.3) is 0 Å². The highest BCUT2D eigenvalue weighted by atomic mass is 35.5. The van der Waals surface area contributed by atoms with Crippen LogP contribution in [-0.2, 0) is 0 Å². The van der Waals surface area contributed by atoms with Gasteiger partial charge in [-0.2, -0.15) is 0 Å². The number of nitro groups is 1. The lowest BCUT2D eigenvalue weighted by Crippen LogP contribution is -1.93. The maximum absolute atomic E-state index is 10.7. The predicted molar refractivity (Wildman–Crippen MR) is 72.8 cm³/mol. The van der Waals surface area contributed by atoms with Gasteiger partial charge in [0.1, 0.15) is 0 Å². The summed E-state index contributed by atoms with van der Waals surface area (Å²) in [6.07, 6.45) is 0. The van der Waals surface area contributed by atoms with Crippen LogP contribution in [0.1, 0.15) is 0 Å². The maximum Gasteiger partial charge on any atom is 0.272 e. The van der Waals surface area contributed by atoms with Gasteiger partial charge < -0.3 is 5.32 Å². The quantitative estimate of drug-likeness (QED) is 0.659. The van der Waals surface area contributed by atoms with Crippen molar-refractivity contribution < 1.29 is 4.92 Å². The van der Waals surface area contributed by atoms with Gasteiger partial charge in [-0.15, -0.1) is 0 Å². The van der Waals surface area contributed by atoms with E-state index in [1.165, 1.54) is 12.1 Å². The molecule has 2 aromatic rings. The van der Waals surface area contributed by atoms with Crippen LogP contribution >= 0.6 is 23.2 Å². The van der Waals surface area contributed by atoms with Crippen LogP contribution in [0.15, 0.2) is 42.5 Å². The molecule has 0 atom stereocenters. The first-order valence-electron chi connectivity index (χ1n) is 5.02. The fourth-order valence-electron chi connectivity index (χ4n) is 1.45. The molecule has 0 saturated heterocycles. The minimum absolute atomic E-state index is 0.0565. The van der Waals surface area contributed by atoms with Crippen molar-refractivity contribution in [3.8, 4) is 0 Å². The SMILES string of the molecule is O=[N+]([O-])c1cc(Cl)cc(Nc2ccc(Cl)cc2)c1. The fraction of sp³-hybridized carbons (Fsp3) is 0. The lowest BCUT2D eigenvalue weighted by molar-refractivity contribution is -0.384. The molecular weight excluding hydrogens is 275 g/mol. The summed E-state index contributed by atoms with van der Waals surface area (Å²) < 4.78 is 0. The van der Waals surface area contributed by atoms with Crippen LogP contribution in [-0.4, -0.2) is 4.92 Å². The molecule has 1 N–H and O–H groups in total. The third-order valence-electron chi connectivity index (χ3n) is 2.23. The topological polar surface area (TPSA) is 55.2 Å². The van der Waals surface area contributed by atoms with Crippen molar-refractivity contribution in [3.05, 3.63) is 62.6 Å². The van der Waals surface area contributed by atoms with E-state index in [2.05, 4.69) is 5.32 Å². The molecule has 92 valence electrons. The van der Waals surface area contributed by atoms with E-state index >= 15 is 0 Å². The first kappa shape index (κ1) is 12.7. The van der Waals surface area contributed by atoms with Gasteiger partial charge in [0.15, 0.2) is 0 Å². The number of nitrogens with one attached hydrogen (secondary N) is 1. The van der Waals surface area contributed by atoms with Gasteiger partial charge in [-0.3, -0.25) is 10.1 Å². The second-order valence-electron chi connectivity index (χ2n) is 3.59. The zero-order valence-corrected chi connectivity index (χ0v) is 10.6. The van der Waals surface area contributed by atoms with Crippen LogP contribution in [0.4, 0.5) is 17.1 Å². The maximum atomic E-state index is 10.7. The largest absolute Gasteiger partial charge is 0.355 e. The Kier molecular flexibility index (Phi) is 3.69. The fourth-order valence-corrected chi connectivity index (χ4v) is 1.81. The number of nitrogens with zero attached hydrogens (tertiary/aromatic N) is 1. The van der Waals surface area contributed by atoms with Gasteiger partial charge in [-0.1, -0.05) is 23.2 Å². The zero-order chi connectivity index (χ0) is 13.1. The second kappa shape index (κ2) is 5.25. The highest BCUT2D eigenvalue weighted by Gasteiger charge is 2.08. The molecule has 0 amide bonds. The van der Waals surface area contributed by atoms with Gasteiger partial charge in [-0.05, 0) is 30.3 Å². The van der Waals surface area contributed by atoms with Gasteiger partial charge in [0.25, 0.3) is 5.69 Å². The zero-order valence-electron chi connectivity index (χ0n) is 9.06. The molecule has 0 aliphatic heterocycles. The number of nitro benzene ring substituents is 1.